The fourth-order valence-electron chi connectivity index (χ4n) is 1.31. The largest absolute Gasteiger partial charge is 0.433 e. The minimum atomic E-state index is -4.58. The molecule has 3 N–H and O–H groups in total. The van der Waals surface area contributed by atoms with Crippen molar-refractivity contribution in [3.63, 3.8) is 0 Å². The summed E-state index contributed by atoms with van der Waals surface area (Å²) in [7, 11) is 0. The van der Waals surface area contributed by atoms with Crippen molar-refractivity contribution in [2.75, 3.05) is 0 Å². The van der Waals surface area contributed by atoms with E-state index < -0.39 is 17.7 Å². The molecule has 0 radical (unpaired) electrons. The van der Waals surface area contributed by atoms with Crippen LogP contribution < -0.4 is 5.73 Å². The number of nitrogens with two attached hydrogens (primary N) is 1. The minimum Gasteiger partial charge on any atom is -0.384 e. The Morgan fingerprint density at radius 3 is 2.56 bits per heavy atom. The summed E-state index contributed by atoms with van der Waals surface area (Å²) < 4.78 is 38.7. The zero-order chi connectivity index (χ0) is 13.3. The van der Waals surface area contributed by atoms with Crippen LogP contribution in [0.1, 0.15) is 11.3 Å². The predicted octanol–water partition coefficient (Wildman–Crippen LogP) is 0.965. The summed E-state index contributed by atoms with van der Waals surface area (Å²) in [6.07, 6.45) is -2.26. The molecule has 0 aromatic carbocycles. The number of hydrogen-bond donors (Lipinski definition) is 2. The van der Waals surface area contributed by atoms with E-state index in [1.54, 1.807) is 0 Å². The van der Waals surface area contributed by atoms with Crippen molar-refractivity contribution in [2.45, 2.75) is 6.18 Å². The van der Waals surface area contributed by atoms with Crippen molar-refractivity contribution >= 4 is 5.84 Å². The van der Waals surface area contributed by atoms with Crippen LogP contribution in [0, 0.1) is 5.41 Å². The first-order valence-corrected chi connectivity index (χ1v) is 4.67. The van der Waals surface area contributed by atoms with Crippen LogP contribution in [-0.4, -0.2) is 25.6 Å². The van der Waals surface area contributed by atoms with Crippen molar-refractivity contribution in [1.82, 2.24) is 19.7 Å². The molecule has 0 fully saturated rings. The zero-order valence-corrected chi connectivity index (χ0v) is 8.81. The van der Waals surface area contributed by atoms with Crippen LogP contribution in [0.25, 0.3) is 5.82 Å². The molecule has 94 valence electrons. The molecule has 2 aromatic heterocycles. The van der Waals surface area contributed by atoms with E-state index in [1.807, 2.05) is 0 Å². The summed E-state index contributed by atoms with van der Waals surface area (Å²) in [5.41, 5.74) is 4.24. The number of pyridine rings is 1. The van der Waals surface area contributed by atoms with Gasteiger partial charge in [0.25, 0.3) is 0 Å². The van der Waals surface area contributed by atoms with Gasteiger partial charge in [-0.05, 0) is 12.1 Å². The third-order valence-corrected chi connectivity index (χ3v) is 2.09. The van der Waals surface area contributed by atoms with Crippen LogP contribution in [0.3, 0.4) is 0 Å². The van der Waals surface area contributed by atoms with E-state index >= 15 is 0 Å². The average molecular weight is 256 g/mol. The summed E-state index contributed by atoms with van der Waals surface area (Å²) in [6.45, 7) is 0. The first kappa shape index (κ1) is 12.0. The van der Waals surface area contributed by atoms with E-state index in [2.05, 4.69) is 15.1 Å². The van der Waals surface area contributed by atoms with E-state index in [0.29, 0.717) is 0 Å². The highest BCUT2D eigenvalue weighted by Crippen LogP contribution is 2.28. The van der Waals surface area contributed by atoms with Gasteiger partial charge in [0.1, 0.15) is 24.2 Å². The second kappa shape index (κ2) is 4.09. The third-order valence-electron chi connectivity index (χ3n) is 2.09. The lowest BCUT2D eigenvalue weighted by molar-refractivity contribution is -0.141. The lowest BCUT2D eigenvalue weighted by Crippen LogP contribution is -2.19. The van der Waals surface area contributed by atoms with E-state index in [1.165, 1.54) is 6.33 Å². The van der Waals surface area contributed by atoms with Gasteiger partial charge in [0, 0.05) is 0 Å². The topological polar surface area (TPSA) is 93.5 Å². The fourth-order valence-corrected chi connectivity index (χ4v) is 1.31. The molecule has 0 bridgehead atoms. The number of nitrogens with one attached hydrogen (secondary N) is 1. The van der Waals surface area contributed by atoms with E-state index in [0.717, 1.165) is 23.1 Å². The van der Waals surface area contributed by atoms with E-state index in [-0.39, 0.29) is 11.4 Å². The molecular formula is C9H7F3N6. The number of halogens is 3. The highest BCUT2D eigenvalue weighted by molar-refractivity contribution is 5.97. The third kappa shape index (κ3) is 2.14. The molecule has 2 rings (SSSR count). The molecular weight excluding hydrogens is 249 g/mol. The van der Waals surface area contributed by atoms with E-state index in [4.69, 9.17) is 11.1 Å². The molecule has 0 aliphatic heterocycles. The summed E-state index contributed by atoms with van der Waals surface area (Å²) in [4.78, 5) is 7.03. The molecule has 6 nitrogen and oxygen atoms in total. The van der Waals surface area contributed by atoms with Gasteiger partial charge in [-0.2, -0.15) is 18.3 Å². The maximum Gasteiger partial charge on any atom is 0.433 e. The van der Waals surface area contributed by atoms with Gasteiger partial charge in [0.2, 0.25) is 0 Å². The van der Waals surface area contributed by atoms with Gasteiger partial charge in [-0.25, -0.2) is 14.6 Å². The lowest BCUT2D eigenvalue weighted by Gasteiger charge is -2.11. The van der Waals surface area contributed by atoms with Crippen molar-refractivity contribution in [1.29, 1.82) is 5.41 Å². The zero-order valence-electron chi connectivity index (χ0n) is 8.81. The number of alkyl halides is 3. The van der Waals surface area contributed by atoms with Crippen molar-refractivity contribution < 1.29 is 13.2 Å². The molecule has 0 spiro atoms. The smallest absolute Gasteiger partial charge is 0.384 e. The molecule has 0 saturated carbocycles. The number of hydrogen-bond acceptors (Lipinski definition) is 4. The molecule has 0 atom stereocenters. The van der Waals surface area contributed by atoms with Crippen LogP contribution in [0.4, 0.5) is 13.2 Å². The standard InChI is InChI=1S/C9H7F3N6/c10-9(11,12)6-2-1-5(7(13)14)8(17-6)18-4-15-3-16-18/h1-4H,(H3,13,14). The Morgan fingerprint density at radius 2 is 2.06 bits per heavy atom. The van der Waals surface area contributed by atoms with Gasteiger partial charge in [0.05, 0.1) is 5.56 Å². The monoisotopic (exact) mass is 256 g/mol. The van der Waals surface area contributed by atoms with Crippen molar-refractivity contribution in [3.8, 4) is 5.82 Å². The van der Waals surface area contributed by atoms with Crippen LogP contribution in [0.15, 0.2) is 24.8 Å². The summed E-state index contributed by atoms with van der Waals surface area (Å²) in [6, 6.07) is 1.84. The molecule has 9 heteroatoms. The van der Waals surface area contributed by atoms with Gasteiger partial charge in [-0.15, -0.1) is 0 Å². The number of rotatable bonds is 2. The molecule has 18 heavy (non-hydrogen) atoms. The predicted molar refractivity (Wildman–Crippen MR) is 55.2 cm³/mol. The van der Waals surface area contributed by atoms with Crippen molar-refractivity contribution in [2.24, 2.45) is 5.73 Å². The lowest BCUT2D eigenvalue weighted by atomic mass is 10.2. The van der Waals surface area contributed by atoms with Crippen LogP contribution >= 0.6 is 0 Å². The van der Waals surface area contributed by atoms with Crippen molar-refractivity contribution in [3.05, 3.63) is 36.0 Å². The first-order chi connectivity index (χ1) is 8.39. The molecule has 0 aliphatic carbocycles. The maximum atomic E-state index is 12.5. The number of nitrogens with zero attached hydrogens (tertiary/aromatic N) is 4. The Balaban J connectivity index is 2.63. The van der Waals surface area contributed by atoms with Gasteiger partial charge >= 0.3 is 6.18 Å². The quantitative estimate of drug-likeness (QED) is 0.618. The summed E-state index contributed by atoms with van der Waals surface area (Å²) in [5, 5.41) is 11.0. The van der Waals surface area contributed by atoms with E-state index in [9.17, 15) is 13.2 Å². The normalized spacial score (nSPS) is 11.5. The molecule has 2 heterocycles. The highest BCUT2D eigenvalue weighted by atomic mass is 19.4. The Hall–Kier alpha value is -2.45. The molecule has 0 saturated heterocycles. The van der Waals surface area contributed by atoms with Gasteiger partial charge < -0.3 is 5.73 Å². The Morgan fingerprint density at radius 1 is 1.33 bits per heavy atom. The summed E-state index contributed by atoms with van der Waals surface area (Å²) >= 11 is 0. The summed E-state index contributed by atoms with van der Waals surface area (Å²) in [5.74, 6) is -0.587. The Labute approximate surface area is 98.8 Å². The van der Waals surface area contributed by atoms with Crippen LogP contribution in [-0.2, 0) is 6.18 Å². The van der Waals surface area contributed by atoms with Crippen LogP contribution in [0.2, 0.25) is 0 Å². The Kier molecular flexibility index (Phi) is 2.73. The molecule has 0 amide bonds. The number of nitrogen functional groups attached to an aromatic ring is 1. The maximum absolute atomic E-state index is 12.5. The van der Waals surface area contributed by atoms with Gasteiger partial charge in [-0.3, -0.25) is 5.41 Å². The molecule has 0 unspecified atom stereocenters. The molecule has 2 aromatic rings. The fraction of sp³-hybridized carbons (Fsp3) is 0.111. The van der Waals surface area contributed by atoms with Gasteiger partial charge in [0.15, 0.2) is 5.82 Å². The minimum absolute atomic E-state index is 0.0495. The molecule has 0 aliphatic rings. The second-order valence-corrected chi connectivity index (χ2v) is 3.32. The SMILES string of the molecule is N=C(N)c1ccc(C(F)(F)F)nc1-n1cncn1. The average Bonchev–Trinajstić information content (AvgIpc) is 2.80. The first-order valence-electron chi connectivity index (χ1n) is 4.67. The van der Waals surface area contributed by atoms with Crippen LogP contribution in [0.5, 0.6) is 0 Å². The number of aromatic nitrogens is 4. The highest BCUT2D eigenvalue weighted by Gasteiger charge is 2.33. The number of amidine groups is 1. The van der Waals surface area contributed by atoms with Gasteiger partial charge in [-0.1, -0.05) is 0 Å². The Bertz CT molecular complexity index is 574. The second-order valence-electron chi connectivity index (χ2n) is 3.32.